The summed E-state index contributed by atoms with van der Waals surface area (Å²) in [6.07, 6.45) is 2.76. The predicted molar refractivity (Wildman–Crippen MR) is 89.2 cm³/mol. The third kappa shape index (κ3) is 3.43. The molecule has 0 aliphatic rings. The molecule has 3 rings (SSSR count). The minimum Gasteiger partial charge on any atom is -0.356 e. The van der Waals surface area contributed by atoms with Crippen molar-refractivity contribution in [2.24, 2.45) is 4.99 Å². The van der Waals surface area contributed by atoms with Gasteiger partial charge >= 0.3 is 0 Å². The minimum atomic E-state index is 0.749. The van der Waals surface area contributed by atoms with Crippen LogP contribution in [-0.2, 0) is 13.0 Å². The first-order valence-corrected chi connectivity index (χ1v) is 8.05. The highest BCUT2D eigenvalue weighted by Gasteiger charge is 2.05. The number of aromatic nitrogens is 3. The number of pyridine rings is 1. The van der Waals surface area contributed by atoms with Crippen molar-refractivity contribution in [3.05, 3.63) is 52.6 Å². The van der Waals surface area contributed by atoms with E-state index >= 15 is 0 Å². The van der Waals surface area contributed by atoms with Gasteiger partial charge in [0.2, 0.25) is 0 Å². The van der Waals surface area contributed by atoms with E-state index in [0.717, 1.165) is 36.9 Å². The van der Waals surface area contributed by atoms with E-state index in [9.17, 15) is 0 Å². The summed E-state index contributed by atoms with van der Waals surface area (Å²) in [6.45, 7) is 1.52. The van der Waals surface area contributed by atoms with Crippen LogP contribution in [0.25, 0.3) is 5.65 Å². The molecule has 0 atom stereocenters. The zero-order valence-corrected chi connectivity index (χ0v) is 13.2. The molecular formula is C15H18N6S. The standard InChI is InChI=1S/C15H18N6S/c1-16-15(18-10-12-6-9-22-11-12)17-7-5-14-20-19-13-4-2-3-8-21(13)14/h2-4,6,8-9,11H,5,7,10H2,1H3,(H2,16,17,18). The van der Waals surface area contributed by atoms with Gasteiger partial charge in [-0.05, 0) is 34.5 Å². The number of guanidine groups is 1. The van der Waals surface area contributed by atoms with Crippen molar-refractivity contribution < 1.29 is 0 Å². The number of fused-ring (bicyclic) bond motifs is 1. The number of aliphatic imine (C=N–C) groups is 1. The molecule has 0 aliphatic heterocycles. The fourth-order valence-corrected chi connectivity index (χ4v) is 2.82. The lowest BCUT2D eigenvalue weighted by Crippen LogP contribution is -2.37. The third-order valence-electron chi connectivity index (χ3n) is 3.29. The van der Waals surface area contributed by atoms with Crippen LogP contribution in [0, 0.1) is 0 Å². The molecule has 0 amide bonds. The largest absolute Gasteiger partial charge is 0.356 e. The maximum atomic E-state index is 4.22. The Morgan fingerprint density at radius 1 is 1.27 bits per heavy atom. The summed E-state index contributed by atoms with van der Waals surface area (Å²) < 4.78 is 2.00. The zero-order chi connectivity index (χ0) is 15.2. The molecule has 0 aliphatic carbocycles. The lowest BCUT2D eigenvalue weighted by Gasteiger charge is -2.10. The summed E-state index contributed by atoms with van der Waals surface area (Å²) in [5.74, 6) is 1.73. The summed E-state index contributed by atoms with van der Waals surface area (Å²) in [5.41, 5.74) is 2.13. The maximum absolute atomic E-state index is 4.22. The van der Waals surface area contributed by atoms with Crippen LogP contribution in [0.3, 0.4) is 0 Å². The topological polar surface area (TPSA) is 66.6 Å². The third-order valence-corrected chi connectivity index (χ3v) is 4.02. The molecule has 3 aromatic rings. The highest BCUT2D eigenvalue weighted by Crippen LogP contribution is 2.05. The van der Waals surface area contributed by atoms with Gasteiger partial charge in [-0.2, -0.15) is 11.3 Å². The Labute approximate surface area is 132 Å². The average Bonchev–Trinajstić information content (AvgIpc) is 3.20. The molecule has 3 heterocycles. The molecule has 0 bridgehead atoms. The van der Waals surface area contributed by atoms with E-state index in [2.05, 4.69) is 42.6 Å². The van der Waals surface area contributed by atoms with E-state index in [1.807, 2.05) is 28.8 Å². The van der Waals surface area contributed by atoms with Gasteiger partial charge < -0.3 is 10.6 Å². The van der Waals surface area contributed by atoms with Crippen LogP contribution in [0.1, 0.15) is 11.4 Å². The number of rotatable bonds is 5. The van der Waals surface area contributed by atoms with Crippen molar-refractivity contribution in [3.63, 3.8) is 0 Å². The Morgan fingerprint density at radius 3 is 3.05 bits per heavy atom. The van der Waals surface area contributed by atoms with Gasteiger partial charge in [0.05, 0.1) is 0 Å². The van der Waals surface area contributed by atoms with E-state index in [-0.39, 0.29) is 0 Å². The van der Waals surface area contributed by atoms with Crippen LogP contribution in [0.5, 0.6) is 0 Å². The highest BCUT2D eigenvalue weighted by molar-refractivity contribution is 7.07. The molecule has 0 radical (unpaired) electrons. The number of hydrogen-bond acceptors (Lipinski definition) is 4. The van der Waals surface area contributed by atoms with Gasteiger partial charge in [0.25, 0.3) is 0 Å². The second-order valence-electron chi connectivity index (χ2n) is 4.78. The first-order valence-electron chi connectivity index (χ1n) is 7.11. The molecule has 6 nitrogen and oxygen atoms in total. The molecule has 0 fully saturated rings. The Kier molecular flexibility index (Phi) is 4.65. The van der Waals surface area contributed by atoms with E-state index in [1.165, 1.54) is 5.56 Å². The van der Waals surface area contributed by atoms with Gasteiger partial charge in [-0.3, -0.25) is 9.39 Å². The van der Waals surface area contributed by atoms with Gasteiger partial charge in [0.15, 0.2) is 11.6 Å². The normalized spacial score (nSPS) is 11.8. The van der Waals surface area contributed by atoms with E-state index < -0.39 is 0 Å². The van der Waals surface area contributed by atoms with Gasteiger partial charge in [-0.1, -0.05) is 6.07 Å². The molecule has 22 heavy (non-hydrogen) atoms. The number of nitrogens with one attached hydrogen (secondary N) is 2. The fraction of sp³-hybridized carbons (Fsp3) is 0.267. The molecule has 0 unspecified atom stereocenters. The quantitative estimate of drug-likeness (QED) is 0.556. The lowest BCUT2D eigenvalue weighted by atomic mass is 10.3. The smallest absolute Gasteiger partial charge is 0.191 e. The SMILES string of the molecule is CN=C(NCCc1nnc2ccccn12)NCc1ccsc1. The van der Waals surface area contributed by atoms with Crippen molar-refractivity contribution in [2.45, 2.75) is 13.0 Å². The Hall–Kier alpha value is -2.41. The molecule has 0 aromatic carbocycles. The van der Waals surface area contributed by atoms with Gasteiger partial charge in [0, 0.05) is 32.8 Å². The maximum Gasteiger partial charge on any atom is 0.191 e. The molecule has 0 spiro atoms. The monoisotopic (exact) mass is 314 g/mol. The molecular weight excluding hydrogens is 296 g/mol. The van der Waals surface area contributed by atoms with Crippen molar-refractivity contribution in [3.8, 4) is 0 Å². The molecule has 114 valence electrons. The molecule has 0 saturated carbocycles. The summed E-state index contributed by atoms with van der Waals surface area (Å²) in [5, 5.41) is 19.2. The molecule has 0 saturated heterocycles. The number of hydrogen-bond donors (Lipinski definition) is 2. The second-order valence-corrected chi connectivity index (χ2v) is 5.56. The first-order chi connectivity index (χ1) is 10.9. The summed E-state index contributed by atoms with van der Waals surface area (Å²) in [4.78, 5) is 4.22. The fourth-order valence-electron chi connectivity index (χ4n) is 2.15. The Bertz CT molecular complexity index is 746. The van der Waals surface area contributed by atoms with Crippen LogP contribution in [-0.4, -0.2) is 34.2 Å². The van der Waals surface area contributed by atoms with Crippen LogP contribution in [0.4, 0.5) is 0 Å². The van der Waals surface area contributed by atoms with Crippen molar-refractivity contribution in [2.75, 3.05) is 13.6 Å². The van der Waals surface area contributed by atoms with E-state index in [4.69, 9.17) is 0 Å². The summed E-state index contributed by atoms with van der Waals surface area (Å²) in [7, 11) is 1.77. The summed E-state index contributed by atoms with van der Waals surface area (Å²) >= 11 is 1.70. The van der Waals surface area contributed by atoms with Gasteiger partial charge in [-0.15, -0.1) is 10.2 Å². The first kappa shape index (κ1) is 14.5. The highest BCUT2D eigenvalue weighted by atomic mass is 32.1. The average molecular weight is 314 g/mol. The lowest BCUT2D eigenvalue weighted by molar-refractivity contribution is 0.761. The van der Waals surface area contributed by atoms with Crippen LogP contribution < -0.4 is 10.6 Å². The van der Waals surface area contributed by atoms with Crippen molar-refractivity contribution >= 4 is 22.9 Å². The summed E-state index contributed by atoms with van der Waals surface area (Å²) in [6, 6.07) is 8.00. The number of thiophene rings is 1. The van der Waals surface area contributed by atoms with Crippen LogP contribution in [0.2, 0.25) is 0 Å². The Balaban J connectivity index is 1.51. The van der Waals surface area contributed by atoms with E-state index in [0.29, 0.717) is 0 Å². The molecule has 7 heteroatoms. The van der Waals surface area contributed by atoms with Crippen LogP contribution >= 0.6 is 11.3 Å². The zero-order valence-electron chi connectivity index (χ0n) is 12.4. The second kappa shape index (κ2) is 7.04. The van der Waals surface area contributed by atoms with Crippen molar-refractivity contribution in [1.82, 2.24) is 25.2 Å². The van der Waals surface area contributed by atoms with Gasteiger partial charge in [0.1, 0.15) is 5.82 Å². The van der Waals surface area contributed by atoms with Crippen molar-refractivity contribution in [1.29, 1.82) is 0 Å². The van der Waals surface area contributed by atoms with Gasteiger partial charge in [-0.25, -0.2) is 0 Å². The molecule has 2 N–H and O–H groups in total. The minimum absolute atomic E-state index is 0.749. The number of nitrogens with zero attached hydrogens (tertiary/aromatic N) is 4. The molecule has 3 aromatic heterocycles. The van der Waals surface area contributed by atoms with E-state index in [1.54, 1.807) is 18.4 Å². The Morgan fingerprint density at radius 2 is 2.23 bits per heavy atom. The predicted octanol–water partition coefficient (Wildman–Crippen LogP) is 1.70. The van der Waals surface area contributed by atoms with Crippen LogP contribution in [0.15, 0.2) is 46.2 Å².